The molecule has 0 bridgehead atoms. The number of rotatable bonds is 3. The van der Waals surface area contributed by atoms with E-state index in [4.69, 9.17) is 0 Å². The van der Waals surface area contributed by atoms with Gasteiger partial charge in [-0.2, -0.15) is 0 Å². The molecule has 5 nitrogen and oxygen atoms in total. The zero-order chi connectivity index (χ0) is 12.5. The third kappa shape index (κ3) is 2.34. The minimum atomic E-state index is -0.250. The van der Waals surface area contributed by atoms with Crippen molar-refractivity contribution < 1.29 is 4.79 Å². The van der Waals surface area contributed by atoms with Gasteiger partial charge in [0.1, 0.15) is 5.82 Å². The van der Waals surface area contributed by atoms with Crippen molar-refractivity contribution in [2.75, 3.05) is 20.1 Å². The van der Waals surface area contributed by atoms with Gasteiger partial charge >= 0.3 is 0 Å². The first-order chi connectivity index (χ1) is 8.03. The minimum absolute atomic E-state index is 0.200. The summed E-state index contributed by atoms with van der Waals surface area (Å²) < 4.78 is 1.94. The molecule has 1 N–H and O–H groups in total. The lowest BCUT2D eigenvalue weighted by Gasteiger charge is -2.28. The van der Waals surface area contributed by atoms with Crippen LogP contribution in [0.25, 0.3) is 0 Å². The Morgan fingerprint density at radius 2 is 2.47 bits per heavy atom. The molecule has 1 fully saturated rings. The van der Waals surface area contributed by atoms with Gasteiger partial charge < -0.3 is 14.8 Å². The number of nitrogens with one attached hydrogen (secondary N) is 1. The molecule has 0 aliphatic carbocycles. The van der Waals surface area contributed by atoms with Crippen LogP contribution in [-0.2, 0) is 18.4 Å². The summed E-state index contributed by atoms with van der Waals surface area (Å²) in [5.41, 5.74) is -0.250. The molecule has 0 spiro atoms. The fourth-order valence-corrected chi connectivity index (χ4v) is 2.29. The van der Waals surface area contributed by atoms with Gasteiger partial charge in [0.15, 0.2) is 0 Å². The standard InChI is InChI=1S/C12H20N4O/c1-12(4-5-13-9-12)11(17)16(3)8-10-14-6-7-15(10)2/h6-7,13H,4-5,8-9H2,1-3H3. The van der Waals surface area contributed by atoms with Gasteiger partial charge in [-0.1, -0.05) is 0 Å². The molecule has 2 heterocycles. The van der Waals surface area contributed by atoms with E-state index in [2.05, 4.69) is 10.3 Å². The van der Waals surface area contributed by atoms with Crippen LogP contribution in [0, 0.1) is 5.41 Å². The van der Waals surface area contributed by atoms with E-state index < -0.39 is 0 Å². The maximum atomic E-state index is 12.4. The van der Waals surface area contributed by atoms with Crippen molar-refractivity contribution >= 4 is 5.91 Å². The van der Waals surface area contributed by atoms with Crippen LogP contribution in [0.3, 0.4) is 0 Å². The monoisotopic (exact) mass is 236 g/mol. The van der Waals surface area contributed by atoms with Gasteiger partial charge in [0.25, 0.3) is 0 Å². The Balaban J connectivity index is 2.03. The molecule has 1 aromatic rings. The summed E-state index contributed by atoms with van der Waals surface area (Å²) >= 11 is 0. The van der Waals surface area contributed by atoms with Gasteiger partial charge in [0.2, 0.25) is 5.91 Å². The van der Waals surface area contributed by atoms with Crippen LogP contribution in [0.15, 0.2) is 12.4 Å². The third-order valence-electron chi connectivity index (χ3n) is 3.53. The molecule has 0 aromatic carbocycles. The molecular formula is C12H20N4O. The Kier molecular flexibility index (Phi) is 3.19. The molecule has 0 saturated carbocycles. The van der Waals surface area contributed by atoms with Crippen LogP contribution >= 0.6 is 0 Å². The van der Waals surface area contributed by atoms with Crippen molar-refractivity contribution in [3.05, 3.63) is 18.2 Å². The Labute approximate surface area is 102 Å². The number of hydrogen-bond donors (Lipinski definition) is 1. The highest BCUT2D eigenvalue weighted by Crippen LogP contribution is 2.27. The molecule has 17 heavy (non-hydrogen) atoms. The van der Waals surface area contributed by atoms with E-state index in [-0.39, 0.29) is 11.3 Å². The highest BCUT2D eigenvalue weighted by Gasteiger charge is 2.38. The summed E-state index contributed by atoms with van der Waals surface area (Å²) in [6, 6.07) is 0. The van der Waals surface area contributed by atoms with Crippen LogP contribution in [-0.4, -0.2) is 40.5 Å². The maximum absolute atomic E-state index is 12.4. The lowest BCUT2D eigenvalue weighted by Crippen LogP contribution is -2.41. The second-order valence-electron chi connectivity index (χ2n) is 5.10. The Morgan fingerprint density at radius 1 is 1.71 bits per heavy atom. The summed E-state index contributed by atoms with van der Waals surface area (Å²) in [6.07, 6.45) is 4.57. The summed E-state index contributed by atoms with van der Waals surface area (Å²) in [4.78, 5) is 18.4. The number of imidazole rings is 1. The second-order valence-corrected chi connectivity index (χ2v) is 5.10. The number of amides is 1. The molecule has 1 aliphatic heterocycles. The number of aromatic nitrogens is 2. The van der Waals surface area contributed by atoms with Crippen molar-refractivity contribution in [1.29, 1.82) is 0 Å². The fraction of sp³-hybridized carbons (Fsp3) is 0.667. The Bertz CT molecular complexity index is 406. The van der Waals surface area contributed by atoms with E-state index in [9.17, 15) is 4.79 Å². The number of carbonyl (C=O) groups is 1. The largest absolute Gasteiger partial charge is 0.338 e. The number of nitrogens with zero attached hydrogens (tertiary/aromatic N) is 3. The van der Waals surface area contributed by atoms with E-state index in [0.717, 1.165) is 25.3 Å². The van der Waals surface area contributed by atoms with Gasteiger partial charge in [-0.15, -0.1) is 0 Å². The summed E-state index contributed by atoms with van der Waals surface area (Å²) in [6.45, 7) is 4.30. The lowest BCUT2D eigenvalue weighted by molar-refractivity contribution is -0.139. The van der Waals surface area contributed by atoms with Crippen molar-refractivity contribution in [3.8, 4) is 0 Å². The molecular weight excluding hydrogens is 216 g/mol. The van der Waals surface area contributed by atoms with E-state index in [1.54, 1.807) is 11.1 Å². The molecule has 1 unspecified atom stereocenters. The number of hydrogen-bond acceptors (Lipinski definition) is 3. The zero-order valence-electron chi connectivity index (χ0n) is 10.7. The summed E-state index contributed by atoms with van der Waals surface area (Å²) in [5.74, 6) is 1.11. The smallest absolute Gasteiger partial charge is 0.229 e. The average Bonchev–Trinajstić information content (AvgIpc) is 2.89. The summed E-state index contributed by atoms with van der Waals surface area (Å²) in [7, 11) is 3.79. The van der Waals surface area contributed by atoms with Gasteiger partial charge in [-0.25, -0.2) is 4.98 Å². The molecule has 1 aliphatic rings. The van der Waals surface area contributed by atoms with E-state index >= 15 is 0 Å². The van der Waals surface area contributed by atoms with E-state index in [1.165, 1.54) is 0 Å². The molecule has 5 heteroatoms. The Hall–Kier alpha value is -1.36. The maximum Gasteiger partial charge on any atom is 0.229 e. The molecule has 1 saturated heterocycles. The first-order valence-corrected chi connectivity index (χ1v) is 5.95. The van der Waals surface area contributed by atoms with E-state index in [1.807, 2.05) is 31.8 Å². The molecule has 1 aromatic heterocycles. The Morgan fingerprint density at radius 3 is 3.00 bits per heavy atom. The molecule has 1 amide bonds. The molecule has 1 atom stereocenters. The minimum Gasteiger partial charge on any atom is -0.338 e. The van der Waals surface area contributed by atoms with Crippen LogP contribution < -0.4 is 5.32 Å². The van der Waals surface area contributed by atoms with Crippen molar-refractivity contribution in [2.45, 2.75) is 19.9 Å². The lowest BCUT2D eigenvalue weighted by atomic mass is 9.88. The molecule has 2 rings (SSSR count). The number of aryl methyl sites for hydroxylation is 1. The van der Waals surface area contributed by atoms with Crippen molar-refractivity contribution in [3.63, 3.8) is 0 Å². The van der Waals surface area contributed by atoms with Crippen molar-refractivity contribution in [2.24, 2.45) is 12.5 Å². The third-order valence-corrected chi connectivity index (χ3v) is 3.53. The van der Waals surface area contributed by atoms with Crippen molar-refractivity contribution in [1.82, 2.24) is 19.8 Å². The van der Waals surface area contributed by atoms with Gasteiger partial charge in [-0.05, 0) is 19.9 Å². The van der Waals surface area contributed by atoms with Gasteiger partial charge in [0.05, 0.1) is 12.0 Å². The quantitative estimate of drug-likeness (QED) is 0.825. The SMILES string of the molecule is CN(Cc1nccn1C)C(=O)C1(C)CCNC1. The second kappa shape index (κ2) is 4.49. The van der Waals surface area contributed by atoms with Gasteiger partial charge in [0, 0.05) is 33.0 Å². The average molecular weight is 236 g/mol. The fourth-order valence-electron chi connectivity index (χ4n) is 2.29. The van der Waals surface area contributed by atoms with Crippen LogP contribution in [0.4, 0.5) is 0 Å². The summed E-state index contributed by atoms with van der Waals surface area (Å²) in [5, 5.41) is 3.25. The molecule has 94 valence electrons. The molecule has 0 radical (unpaired) electrons. The first-order valence-electron chi connectivity index (χ1n) is 5.95. The van der Waals surface area contributed by atoms with Crippen LogP contribution in [0.2, 0.25) is 0 Å². The number of carbonyl (C=O) groups excluding carboxylic acids is 1. The van der Waals surface area contributed by atoms with Gasteiger partial charge in [-0.3, -0.25) is 4.79 Å². The predicted octanol–water partition coefficient (Wildman–Crippen LogP) is 0.378. The highest BCUT2D eigenvalue weighted by molar-refractivity contribution is 5.82. The van der Waals surface area contributed by atoms with Crippen LogP contribution in [0.1, 0.15) is 19.2 Å². The normalized spacial score (nSPS) is 23.9. The predicted molar refractivity (Wildman–Crippen MR) is 65.3 cm³/mol. The van der Waals surface area contributed by atoms with Crippen LogP contribution in [0.5, 0.6) is 0 Å². The highest BCUT2D eigenvalue weighted by atomic mass is 16.2. The topological polar surface area (TPSA) is 50.2 Å². The zero-order valence-corrected chi connectivity index (χ0v) is 10.7. The van der Waals surface area contributed by atoms with E-state index in [0.29, 0.717) is 6.54 Å². The first kappa shape index (κ1) is 12.1.